The summed E-state index contributed by atoms with van der Waals surface area (Å²) in [6.07, 6.45) is 7.04. The Labute approximate surface area is 110 Å². The third-order valence-corrected chi connectivity index (χ3v) is 4.22. The Hall–Kier alpha value is -0.610. The van der Waals surface area contributed by atoms with E-state index < -0.39 is 0 Å². The van der Waals surface area contributed by atoms with Crippen LogP contribution in [0, 0.1) is 5.92 Å². The van der Waals surface area contributed by atoms with Crippen LogP contribution in [0.5, 0.6) is 0 Å². The summed E-state index contributed by atoms with van der Waals surface area (Å²) in [5.41, 5.74) is 0. The number of amides is 1. The molecule has 2 unspecified atom stereocenters. The molecular weight excluding hydrogens is 228 g/mol. The van der Waals surface area contributed by atoms with Gasteiger partial charge in [-0.15, -0.1) is 0 Å². The Bertz CT molecular complexity index is 265. The van der Waals surface area contributed by atoms with Crippen molar-refractivity contribution in [3.63, 3.8) is 0 Å². The van der Waals surface area contributed by atoms with E-state index in [-0.39, 0.29) is 5.91 Å². The van der Waals surface area contributed by atoms with Gasteiger partial charge >= 0.3 is 0 Å². The Balaban J connectivity index is 1.64. The summed E-state index contributed by atoms with van der Waals surface area (Å²) < 4.78 is 5.28. The molecule has 2 rings (SSSR count). The molecule has 0 aromatic heterocycles. The Morgan fingerprint density at radius 1 is 1.17 bits per heavy atom. The minimum atomic E-state index is 0.139. The van der Waals surface area contributed by atoms with E-state index in [2.05, 4.69) is 17.6 Å². The summed E-state index contributed by atoms with van der Waals surface area (Å²) in [5, 5.41) is 6.51. The van der Waals surface area contributed by atoms with Crippen LogP contribution in [0.15, 0.2) is 0 Å². The average Bonchev–Trinajstić information content (AvgIpc) is 2.39. The minimum Gasteiger partial charge on any atom is -0.381 e. The van der Waals surface area contributed by atoms with E-state index >= 15 is 0 Å². The molecule has 4 nitrogen and oxygen atoms in total. The lowest BCUT2D eigenvalue weighted by atomic mass is 9.86. The lowest BCUT2D eigenvalue weighted by molar-refractivity contribution is -0.121. The average molecular weight is 254 g/mol. The van der Waals surface area contributed by atoms with Crippen molar-refractivity contribution in [2.24, 2.45) is 5.92 Å². The highest BCUT2D eigenvalue weighted by Gasteiger charge is 2.22. The second-order valence-electron chi connectivity index (χ2n) is 5.70. The first-order valence-corrected chi connectivity index (χ1v) is 7.36. The van der Waals surface area contributed by atoms with E-state index in [0.29, 0.717) is 24.5 Å². The largest absolute Gasteiger partial charge is 0.381 e. The molecule has 0 spiro atoms. The van der Waals surface area contributed by atoms with Gasteiger partial charge in [0.15, 0.2) is 0 Å². The Kier molecular flexibility index (Phi) is 5.45. The molecule has 0 radical (unpaired) electrons. The van der Waals surface area contributed by atoms with E-state index in [4.69, 9.17) is 4.74 Å². The summed E-state index contributed by atoms with van der Waals surface area (Å²) in [7, 11) is 0. The van der Waals surface area contributed by atoms with Crippen molar-refractivity contribution in [1.29, 1.82) is 0 Å². The highest BCUT2D eigenvalue weighted by molar-refractivity contribution is 5.78. The van der Waals surface area contributed by atoms with Crippen molar-refractivity contribution in [3.05, 3.63) is 0 Å². The van der Waals surface area contributed by atoms with Gasteiger partial charge in [0.1, 0.15) is 0 Å². The van der Waals surface area contributed by atoms with Crippen LogP contribution in [-0.2, 0) is 9.53 Å². The van der Waals surface area contributed by atoms with Crippen LogP contribution in [-0.4, -0.2) is 37.7 Å². The summed E-state index contributed by atoms with van der Waals surface area (Å²) in [6.45, 7) is 4.30. The lowest BCUT2D eigenvalue weighted by Crippen LogP contribution is -2.46. The van der Waals surface area contributed by atoms with Gasteiger partial charge in [0.25, 0.3) is 0 Å². The van der Waals surface area contributed by atoms with Gasteiger partial charge in [-0.1, -0.05) is 19.8 Å². The predicted molar refractivity (Wildman–Crippen MR) is 71.4 cm³/mol. The number of carbonyl (C=O) groups is 1. The SMILES string of the molecule is CC1CCCCC1NCC(=O)NC1CCOCC1. The van der Waals surface area contributed by atoms with E-state index in [0.717, 1.165) is 26.1 Å². The number of rotatable bonds is 4. The molecule has 2 fully saturated rings. The topological polar surface area (TPSA) is 50.4 Å². The zero-order valence-corrected chi connectivity index (χ0v) is 11.4. The summed E-state index contributed by atoms with van der Waals surface area (Å²) in [5.74, 6) is 0.842. The van der Waals surface area contributed by atoms with E-state index in [1.54, 1.807) is 0 Å². The van der Waals surface area contributed by atoms with Crippen molar-refractivity contribution in [2.75, 3.05) is 19.8 Å². The van der Waals surface area contributed by atoms with E-state index in [1.165, 1.54) is 25.7 Å². The second-order valence-corrected chi connectivity index (χ2v) is 5.70. The lowest BCUT2D eigenvalue weighted by Gasteiger charge is -2.30. The number of hydrogen-bond donors (Lipinski definition) is 2. The number of hydrogen-bond acceptors (Lipinski definition) is 3. The zero-order valence-electron chi connectivity index (χ0n) is 11.4. The molecule has 104 valence electrons. The molecule has 1 heterocycles. The van der Waals surface area contributed by atoms with Crippen molar-refractivity contribution in [3.8, 4) is 0 Å². The van der Waals surface area contributed by atoms with Crippen molar-refractivity contribution in [1.82, 2.24) is 10.6 Å². The highest BCUT2D eigenvalue weighted by Crippen LogP contribution is 2.23. The molecule has 1 saturated carbocycles. The number of carbonyl (C=O) groups excluding carboxylic acids is 1. The monoisotopic (exact) mass is 254 g/mol. The first-order chi connectivity index (χ1) is 8.75. The van der Waals surface area contributed by atoms with E-state index in [9.17, 15) is 4.79 Å². The first-order valence-electron chi connectivity index (χ1n) is 7.36. The molecule has 2 atom stereocenters. The molecule has 1 aliphatic heterocycles. The van der Waals surface area contributed by atoms with Crippen LogP contribution < -0.4 is 10.6 Å². The van der Waals surface area contributed by atoms with Crippen molar-refractivity contribution < 1.29 is 9.53 Å². The molecule has 1 aliphatic carbocycles. The maximum atomic E-state index is 11.8. The molecule has 18 heavy (non-hydrogen) atoms. The summed E-state index contributed by atoms with van der Waals surface area (Å²) in [4.78, 5) is 11.8. The predicted octanol–water partition coefficient (Wildman–Crippen LogP) is 1.45. The van der Waals surface area contributed by atoms with E-state index in [1.807, 2.05) is 0 Å². The Morgan fingerprint density at radius 3 is 2.61 bits per heavy atom. The molecule has 1 amide bonds. The second kappa shape index (κ2) is 7.10. The van der Waals surface area contributed by atoms with Gasteiger partial charge < -0.3 is 15.4 Å². The van der Waals surface area contributed by atoms with Gasteiger partial charge in [0.05, 0.1) is 6.54 Å². The van der Waals surface area contributed by atoms with Crippen LogP contribution in [0.25, 0.3) is 0 Å². The normalized spacial score (nSPS) is 30.1. The first kappa shape index (κ1) is 13.8. The quantitative estimate of drug-likeness (QED) is 0.798. The molecule has 1 saturated heterocycles. The Morgan fingerprint density at radius 2 is 1.89 bits per heavy atom. The molecule has 2 aliphatic rings. The van der Waals surface area contributed by atoms with Crippen LogP contribution in [0.3, 0.4) is 0 Å². The number of ether oxygens (including phenoxy) is 1. The zero-order chi connectivity index (χ0) is 12.8. The summed E-state index contributed by atoms with van der Waals surface area (Å²) >= 11 is 0. The third-order valence-electron chi connectivity index (χ3n) is 4.22. The molecule has 0 aromatic rings. The number of nitrogens with one attached hydrogen (secondary N) is 2. The fraction of sp³-hybridized carbons (Fsp3) is 0.929. The fourth-order valence-electron chi connectivity index (χ4n) is 2.96. The molecule has 2 N–H and O–H groups in total. The standard InChI is InChI=1S/C14H26N2O2/c1-11-4-2-3-5-13(11)15-10-14(17)16-12-6-8-18-9-7-12/h11-13,15H,2-10H2,1H3,(H,16,17). The van der Waals surface area contributed by atoms with Crippen LogP contribution in [0.1, 0.15) is 45.4 Å². The maximum Gasteiger partial charge on any atom is 0.234 e. The van der Waals surface area contributed by atoms with Crippen LogP contribution >= 0.6 is 0 Å². The van der Waals surface area contributed by atoms with Crippen molar-refractivity contribution >= 4 is 5.91 Å². The molecule has 0 bridgehead atoms. The van der Waals surface area contributed by atoms with Crippen LogP contribution in [0.2, 0.25) is 0 Å². The van der Waals surface area contributed by atoms with Crippen molar-refractivity contribution in [2.45, 2.75) is 57.5 Å². The van der Waals surface area contributed by atoms with Gasteiger partial charge in [-0.2, -0.15) is 0 Å². The highest BCUT2D eigenvalue weighted by atomic mass is 16.5. The molecule has 0 aromatic carbocycles. The minimum absolute atomic E-state index is 0.139. The third kappa shape index (κ3) is 4.25. The summed E-state index contributed by atoms with van der Waals surface area (Å²) in [6, 6.07) is 0.844. The maximum absolute atomic E-state index is 11.8. The van der Waals surface area contributed by atoms with Gasteiger partial charge in [-0.3, -0.25) is 4.79 Å². The van der Waals surface area contributed by atoms with Gasteiger partial charge in [-0.25, -0.2) is 0 Å². The van der Waals surface area contributed by atoms with Gasteiger partial charge in [-0.05, 0) is 31.6 Å². The van der Waals surface area contributed by atoms with Gasteiger partial charge in [0, 0.05) is 25.3 Å². The smallest absolute Gasteiger partial charge is 0.234 e. The fourth-order valence-corrected chi connectivity index (χ4v) is 2.96. The molecular formula is C14H26N2O2. The van der Waals surface area contributed by atoms with Gasteiger partial charge in [0.2, 0.25) is 5.91 Å². The molecule has 4 heteroatoms. The van der Waals surface area contributed by atoms with Crippen LogP contribution in [0.4, 0.5) is 0 Å².